The van der Waals surface area contributed by atoms with Crippen molar-refractivity contribution in [3.63, 3.8) is 0 Å². The number of thioether (sulfide) groups is 1. The van der Waals surface area contributed by atoms with Gasteiger partial charge in [0.05, 0.1) is 16.2 Å². The van der Waals surface area contributed by atoms with Gasteiger partial charge in [0, 0.05) is 4.90 Å². The Morgan fingerprint density at radius 3 is 2.62 bits per heavy atom. The average molecular weight is 339 g/mol. The number of aromatic nitrogens is 2. The normalized spacial score (nSPS) is 12.1. The first-order valence-corrected chi connectivity index (χ1v) is 8.43. The van der Waals surface area contributed by atoms with E-state index in [0.717, 1.165) is 9.57 Å². The standard InChI is InChI=1S/C18H17N3O2S/c1-12-7-9-14(10-8-12)24-13(2)17(22)20-21-11-19-16-6-4-3-5-15(16)18(21)23/h3-11,13H,1-2H3,(H,20,22)/t13-/m0/s1. The number of carbonyl (C=O) groups is 1. The van der Waals surface area contributed by atoms with Crippen LogP contribution in [0.4, 0.5) is 0 Å². The number of benzene rings is 2. The number of nitrogens with zero attached hydrogens (tertiary/aromatic N) is 2. The molecule has 0 saturated carbocycles. The first-order valence-electron chi connectivity index (χ1n) is 7.55. The Labute approximate surface area is 143 Å². The van der Waals surface area contributed by atoms with Gasteiger partial charge in [-0.2, -0.15) is 0 Å². The van der Waals surface area contributed by atoms with Crippen LogP contribution in [0.15, 0.2) is 64.5 Å². The predicted molar refractivity (Wildman–Crippen MR) is 96.9 cm³/mol. The molecule has 6 heteroatoms. The third-order valence-electron chi connectivity index (χ3n) is 3.60. The number of rotatable bonds is 4. The van der Waals surface area contributed by atoms with Crippen LogP contribution in [0, 0.1) is 6.92 Å². The van der Waals surface area contributed by atoms with Crippen LogP contribution in [0.1, 0.15) is 12.5 Å². The number of nitrogens with one attached hydrogen (secondary N) is 1. The summed E-state index contributed by atoms with van der Waals surface area (Å²) in [7, 11) is 0. The number of hydrogen-bond donors (Lipinski definition) is 1. The summed E-state index contributed by atoms with van der Waals surface area (Å²) in [5, 5.41) is 0.130. The van der Waals surface area contributed by atoms with Crippen LogP contribution < -0.4 is 11.0 Å². The molecule has 5 nitrogen and oxygen atoms in total. The van der Waals surface area contributed by atoms with E-state index < -0.39 is 0 Å². The summed E-state index contributed by atoms with van der Waals surface area (Å²) in [5.41, 5.74) is 4.10. The Bertz CT molecular complexity index is 935. The van der Waals surface area contributed by atoms with Crippen molar-refractivity contribution in [3.05, 3.63) is 70.8 Å². The van der Waals surface area contributed by atoms with E-state index in [4.69, 9.17) is 0 Å². The van der Waals surface area contributed by atoms with Crippen molar-refractivity contribution < 1.29 is 4.79 Å². The highest BCUT2D eigenvalue weighted by Crippen LogP contribution is 2.23. The van der Waals surface area contributed by atoms with Crippen molar-refractivity contribution in [2.75, 3.05) is 5.43 Å². The maximum atomic E-state index is 12.4. The highest BCUT2D eigenvalue weighted by atomic mass is 32.2. The van der Waals surface area contributed by atoms with Gasteiger partial charge in [-0.25, -0.2) is 9.66 Å². The molecule has 0 unspecified atom stereocenters. The van der Waals surface area contributed by atoms with Gasteiger partial charge in [0.15, 0.2) is 0 Å². The fourth-order valence-corrected chi connectivity index (χ4v) is 3.09. The molecule has 0 spiro atoms. The molecule has 1 aromatic heterocycles. The second-order valence-corrected chi connectivity index (χ2v) is 6.90. The minimum atomic E-state index is -0.342. The van der Waals surface area contributed by atoms with Gasteiger partial charge in [0.2, 0.25) is 0 Å². The second-order valence-electron chi connectivity index (χ2n) is 5.49. The quantitative estimate of drug-likeness (QED) is 0.742. The van der Waals surface area contributed by atoms with E-state index in [0.29, 0.717) is 10.9 Å². The summed E-state index contributed by atoms with van der Waals surface area (Å²) in [4.78, 5) is 29.9. The molecule has 0 aliphatic heterocycles. The van der Waals surface area contributed by atoms with Crippen molar-refractivity contribution >= 4 is 28.6 Å². The van der Waals surface area contributed by atoms with Crippen molar-refractivity contribution in [2.45, 2.75) is 24.0 Å². The fourth-order valence-electron chi connectivity index (χ4n) is 2.23. The van der Waals surface area contributed by atoms with Gasteiger partial charge in [-0.05, 0) is 38.1 Å². The Balaban J connectivity index is 1.75. The summed E-state index contributed by atoms with van der Waals surface area (Å²) in [6.07, 6.45) is 1.34. The Morgan fingerprint density at radius 2 is 1.88 bits per heavy atom. The summed E-state index contributed by atoms with van der Waals surface area (Å²) < 4.78 is 1.14. The lowest BCUT2D eigenvalue weighted by Gasteiger charge is -2.13. The molecule has 0 saturated heterocycles. The molecule has 0 bridgehead atoms. The predicted octanol–water partition coefficient (Wildman–Crippen LogP) is 2.96. The van der Waals surface area contributed by atoms with Crippen LogP contribution in [-0.4, -0.2) is 20.8 Å². The minimum Gasteiger partial charge on any atom is -0.272 e. The van der Waals surface area contributed by atoms with Crippen molar-refractivity contribution in [1.29, 1.82) is 0 Å². The van der Waals surface area contributed by atoms with Gasteiger partial charge < -0.3 is 0 Å². The monoisotopic (exact) mass is 339 g/mol. The Hall–Kier alpha value is -2.60. The minimum absolute atomic E-state index is 0.250. The van der Waals surface area contributed by atoms with Gasteiger partial charge in [-0.3, -0.25) is 15.0 Å². The molecule has 1 N–H and O–H groups in total. The highest BCUT2D eigenvalue weighted by molar-refractivity contribution is 8.00. The lowest BCUT2D eigenvalue weighted by atomic mass is 10.2. The molecule has 24 heavy (non-hydrogen) atoms. The first-order chi connectivity index (χ1) is 11.5. The molecule has 1 atom stereocenters. The maximum absolute atomic E-state index is 12.4. The zero-order chi connectivity index (χ0) is 17.1. The third kappa shape index (κ3) is 3.49. The molecule has 122 valence electrons. The van der Waals surface area contributed by atoms with Crippen molar-refractivity contribution in [3.8, 4) is 0 Å². The topological polar surface area (TPSA) is 64.0 Å². The second kappa shape index (κ2) is 6.88. The molecule has 0 aliphatic rings. The van der Waals surface area contributed by atoms with Crippen molar-refractivity contribution in [2.24, 2.45) is 0 Å². The van der Waals surface area contributed by atoms with Gasteiger partial charge in [-0.15, -0.1) is 11.8 Å². The number of fused-ring (bicyclic) bond motifs is 1. The van der Waals surface area contributed by atoms with Gasteiger partial charge in [0.1, 0.15) is 6.33 Å². The number of aryl methyl sites for hydroxylation is 1. The van der Waals surface area contributed by atoms with Crippen LogP contribution in [0.3, 0.4) is 0 Å². The Kier molecular flexibility index (Phi) is 4.66. The molecule has 3 aromatic rings. The lowest BCUT2D eigenvalue weighted by Crippen LogP contribution is -2.36. The molecule has 0 fully saturated rings. The van der Waals surface area contributed by atoms with Gasteiger partial charge in [-0.1, -0.05) is 29.8 Å². The SMILES string of the molecule is Cc1ccc(S[C@@H](C)C(=O)Nn2cnc3ccccc3c2=O)cc1. The zero-order valence-electron chi connectivity index (χ0n) is 13.4. The van der Waals surface area contributed by atoms with E-state index in [-0.39, 0.29) is 16.7 Å². The van der Waals surface area contributed by atoms with E-state index in [1.165, 1.54) is 23.7 Å². The summed E-state index contributed by atoms with van der Waals surface area (Å²) in [6, 6.07) is 15.0. The molecular formula is C18H17N3O2S. The first kappa shape index (κ1) is 16.3. The maximum Gasteiger partial charge on any atom is 0.280 e. The molecular weight excluding hydrogens is 322 g/mol. The van der Waals surface area contributed by atoms with Crippen molar-refractivity contribution in [1.82, 2.24) is 9.66 Å². The van der Waals surface area contributed by atoms with E-state index >= 15 is 0 Å². The van der Waals surface area contributed by atoms with E-state index in [2.05, 4.69) is 10.4 Å². The van der Waals surface area contributed by atoms with Crippen LogP contribution in [0.5, 0.6) is 0 Å². The van der Waals surface area contributed by atoms with E-state index in [9.17, 15) is 9.59 Å². The van der Waals surface area contributed by atoms with Crippen LogP contribution in [-0.2, 0) is 4.79 Å². The Morgan fingerprint density at radius 1 is 1.17 bits per heavy atom. The van der Waals surface area contributed by atoms with Crippen LogP contribution in [0.25, 0.3) is 10.9 Å². The van der Waals surface area contributed by atoms with E-state index in [1.807, 2.05) is 37.3 Å². The molecule has 3 rings (SSSR count). The van der Waals surface area contributed by atoms with Gasteiger partial charge >= 0.3 is 0 Å². The number of carbonyl (C=O) groups excluding carboxylic acids is 1. The van der Waals surface area contributed by atoms with Crippen LogP contribution in [0.2, 0.25) is 0 Å². The molecule has 0 aliphatic carbocycles. The van der Waals surface area contributed by atoms with Gasteiger partial charge in [0.25, 0.3) is 11.5 Å². The largest absolute Gasteiger partial charge is 0.280 e. The lowest BCUT2D eigenvalue weighted by molar-refractivity contribution is -0.116. The molecule has 0 radical (unpaired) electrons. The smallest absolute Gasteiger partial charge is 0.272 e. The average Bonchev–Trinajstić information content (AvgIpc) is 2.59. The molecule has 2 aromatic carbocycles. The zero-order valence-corrected chi connectivity index (χ0v) is 14.2. The number of hydrogen-bond acceptors (Lipinski definition) is 4. The highest BCUT2D eigenvalue weighted by Gasteiger charge is 2.15. The fraction of sp³-hybridized carbons (Fsp3) is 0.167. The summed E-state index contributed by atoms with van der Waals surface area (Å²) in [5.74, 6) is -0.250. The van der Waals surface area contributed by atoms with E-state index in [1.54, 1.807) is 25.1 Å². The number of para-hydroxylation sites is 1. The third-order valence-corrected chi connectivity index (χ3v) is 4.71. The summed E-state index contributed by atoms with van der Waals surface area (Å²) in [6.45, 7) is 3.82. The van der Waals surface area contributed by atoms with Crippen LogP contribution >= 0.6 is 11.8 Å². The summed E-state index contributed by atoms with van der Waals surface area (Å²) >= 11 is 1.44. The number of amides is 1. The molecule has 1 amide bonds. The molecule has 1 heterocycles.